The number of anilines is 1. The molecule has 0 saturated heterocycles. The Bertz CT molecular complexity index is 1300. The van der Waals surface area contributed by atoms with Gasteiger partial charge < -0.3 is 5.32 Å². The topological polar surface area (TPSA) is 59.8 Å². The molecule has 2 aromatic heterocycles. The lowest BCUT2D eigenvalue weighted by Gasteiger charge is -2.06. The summed E-state index contributed by atoms with van der Waals surface area (Å²) in [4.78, 5) is 17.0. The number of hydrogen-bond acceptors (Lipinski definition) is 4. The van der Waals surface area contributed by atoms with Gasteiger partial charge in [-0.2, -0.15) is 5.10 Å². The van der Waals surface area contributed by atoms with Crippen molar-refractivity contribution in [2.45, 2.75) is 33.6 Å². The maximum Gasteiger partial charge on any atom is 0.230 e. The zero-order valence-electron chi connectivity index (χ0n) is 17.9. The first-order valence-corrected chi connectivity index (χ1v) is 11.4. The number of benzene rings is 2. The maximum atomic E-state index is 13.6. The van der Waals surface area contributed by atoms with E-state index < -0.39 is 0 Å². The number of aromatic nitrogens is 3. The molecular formula is C24H22ClFN4OS. The highest BCUT2D eigenvalue weighted by Gasteiger charge is 2.17. The third-order valence-corrected chi connectivity index (χ3v) is 6.50. The van der Waals surface area contributed by atoms with E-state index in [4.69, 9.17) is 11.6 Å². The Hall–Kier alpha value is -3.03. The van der Waals surface area contributed by atoms with E-state index in [1.807, 2.05) is 44.4 Å². The second kappa shape index (κ2) is 9.22. The van der Waals surface area contributed by atoms with Crippen molar-refractivity contribution in [2.24, 2.45) is 0 Å². The number of hydrogen-bond donors (Lipinski definition) is 1. The molecule has 0 fully saturated rings. The first kappa shape index (κ1) is 22.2. The number of rotatable bonds is 6. The summed E-state index contributed by atoms with van der Waals surface area (Å²) in [6.07, 6.45) is 0.743. The minimum absolute atomic E-state index is 0.150. The number of amides is 1. The highest BCUT2D eigenvalue weighted by atomic mass is 35.5. The number of nitrogens with zero attached hydrogens (tertiary/aromatic N) is 3. The fraction of sp³-hybridized carbons (Fsp3) is 0.208. The van der Waals surface area contributed by atoms with Gasteiger partial charge in [0.2, 0.25) is 11.0 Å². The summed E-state index contributed by atoms with van der Waals surface area (Å²) in [7, 11) is 0. The lowest BCUT2D eigenvalue weighted by molar-refractivity contribution is -0.115. The SMILES string of the molecule is Cc1ccc(NC(=O)Cc2csc(-n3nc(C)c(Cc4cccc(F)c4)c3C)n2)cc1Cl. The van der Waals surface area contributed by atoms with Crippen LogP contribution in [0.25, 0.3) is 5.13 Å². The fourth-order valence-electron chi connectivity index (χ4n) is 3.48. The predicted molar refractivity (Wildman–Crippen MR) is 126 cm³/mol. The molecule has 1 N–H and O–H groups in total. The molecule has 0 atom stereocenters. The zero-order valence-corrected chi connectivity index (χ0v) is 19.5. The molecule has 0 radical (unpaired) electrons. The predicted octanol–water partition coefficient (Wildman–Crippen LogP) is 5.82. The van der Waals surface area contributed by atoms with Gasteiger partial charge in [0.25, 0.3) is 0 Å². The van der Waals surface area contributed by atoms with Gasteiger partial charge in [0.1, 0.15) is 5.82 Å². The fourth-order valence-corrected chi connectivity index (χ4v) is 4.49. The molecule has 1 amide bonds. The van der Waals surface area contributed by atoms with Crippen molar-refractivity contribution in [3.63, 3.8) is 0 Å². The van der Waals surface area contributed by atoms with E-state index in [0.717, 1.165) is 28.1 Å². The summed E-state index contributed by atoms with van der Waals surface area (Å²) in [5, 5.41) is 10.6. The van der Waals surface area contributed by atoms with Crippen LogP contribution in [0, 0.1) is 26.6 Å². The van der Waals surface area contributed by atoms with Crippen LogP contribution in [0.5, 0.6) is 0 Å². The summed E-state index contributed by atoms with van der Waals surface area (Å²) in [6.45, 7) is 5.82. The Kier molecular flexibility index (Phi) is 6.39. The first-order chi connectivity index (χ1) is 15.3. The number of halogens is 2. The molecule has 0 unspecified atom stereocenters. The molecular weight excluding hydrogens is 447 g/mol. The number of nitrogens with one attached hydrogen (secondary N) is 1. The van der Waals surface area contributed by atoms with Gasteiger partial charge in [-0.25, -0.2) is 14.1 Å². The van der Waals surface area contributed by atoms with Gasteiger partial charge in [0.15, 0.2) is 0 Å². The van der Waals surface area contributed by atoms with Gasteiger partial charge in [0, 0.05) is 33.8 Å². The van der Waals surface area contributed by atoms with E-state index in [1.54, 1.807) is 16.8 Å². The minimum atomic E-state index is -0.249. The van der Waals surface area contributed by atoms with Crippen molar-refractivity contribution >= 4 is 34.5 Å². The largest absolute Gasteiger partial charge is 0.326 e. The molecule has 0 bridgehead atoms. The molecule has 4 rings (SSSR count). The average molecular weight is 469 g/mol. The molecule has 2 heterocycles. The first-order valence-electron chi connectivity index (χ1n) is 10.1. The van der Waals surface area contributed by atoms with Crippen LogP contribution in [0.4, 0.5) is 10.1 Å². The Labute approximate surface area is 194 Å². The molecule has 2 aromatic carbocycles. The molecule has 0 saturated carbocycles. The van der Waals surface area contributed by atoms with Gasteiger partial charge in [0.05, 0.1) is 17.8 Å². The number of carbonyl (C=O) groups is 1. The van der Waals surface area contributed by atoms with E-state index in [0.29, 0.717) is 28.0 Å². The van der Waals surface area contributed by atoms with Crippen molar-refractivity contribution in [1.29, 1.82) is 0 Å². The van der Waals surface area contributed by atoms with Gasteiger partial charge in [-0.05, 0) is 56.2 Å². The van der Waals surface area contributed by atoms with Crippen molar-refractivity contribution in [3.8, 4) is 5.13 Å². The van der Waals surface area contributed by atoms with Crippen molar-refractivity contribution in [1.82, 2.24) is 14.8 Å². The summed E-state index contributed by atoms with van der Waals surface area (Å²) in [5.74, 6) is -0.414. The van der Waals surface area contributed by atoms with E-state index in [2.05, 4.69) is 15.4 Å². The highest BCUT2D eigenvalue weighted by molar-refractivity contribution is 7.12. The molecule has 0 aliphatic heterocycles. The molecule has 5 nitrogen and oxygen atoms in total. The van der Waals surface area contributed by atoms with Crippen LogP contribution in [-0.2, 0) is 17.6 Å². The Morgan fingerprint density at radius 2 is 2.00 bits per heavy atom. The normalized spacial score (nSPS) is 11.0. The standard InChI is InChI=1S/C24H22ClFN4OS/c1-14-7-8-19(11-22(14)25)27-23(31)12-20-13-32-24(28-20)30-16(3)21(15(2)29-30)10-17-5-4-6-18(26)9-17/h4-9,11,13H,10,12H2,1-3H3,(H,27,31). The smallest absolute Gasteiger partial charge is 0.230 e. The summed E-state index contributed by atoms with van der Waals surface area (Å²) < 4.78 is 15.3. The summed E-state index contributed by atoms with van der Waals surface area (Å²) in [6, 6.07) is 12.0. The molecule has 8 heteroatoms. The molecule has 0 spiro atoms. The average Bonchev–Trinajstić information content (AvgIpc) is 3.30. The van der Waals surface area contributed by atoms with Crippen LogP contribution in [0.1, 0.15) is 33.8 Å². The highest BCUT2D eigenvalue weighted by Crippen LogP contribution is 2.24. The Morgan fingerprint density at radius 3 is 2.75 bits per heavy atom. The second-order valence-electron chi connectivity index (χ2n) is 7.68. The van der Waals surface area contributed by atoms with Gasteiger partial charge in [-0.1, -0.05) is 29.8 Å². The third-order valence-electron chi connectivity index (χ3n) is 5.23. The van der Waals surface area contributed by atoms with Crippen LogP contribution in [0.3, 0.4) is 0 Å². The minimum Gasteiger partial charge on any atom is -0.326 e. The van der Waals surface area contributed by atoms with Crippen LogP contribution in [-0.4, -0.2) is 20.7 Å². The monoisotopic (exact) mass is 468 g/mol. The number of thiazole rings is 1. The molecule has 0 aliphatic carbocycles. The van der Waals surface area contributed by atoms with Crippen LogP contribution < -0.4 is 5.32 Å². The third kappa shape index (κ3) is 4.89. The van der Waals surface area contributed by atoms with Crippen LogP contribution in [0.2, 0.25) is 5.02 Å². The van der Waals surface area contributed by atoms with Crippen molar-refractivity contribution in [2.75, 3.05) is 5.32 Å². The Balaban J connectivity index is 1.48. The quantitative estimate of drug-likeness (QED) is 0.388. The number of aryl methyl sites for hydroxylation is 2. The summed E-state index contributed by atoms with van der Waals surface area (Å²) >= 11 is 7.56. The van der Waals surface area contributed by atoms with E-state index in [-0.39, 0.29) is 18.1 Å². The van der Waals surface area contributed by atoms with E-state index in [9.17, 15) is 9.18 Å². The lowest BCUT2D eigenvalue weighted by atomic mass is 10.0. The van der Waals surface area contributed by atoms with Gasteiger partial charge in [-0.3, -0.25) is 4.79 Å². The molecule has 4 aromatic rings. The van der Waals surface area contributed by atoms with E-state index >= 15 is 0 Å². The maximum absolute atomic E-state index is 13.6. The van der Waals surface area contributed by atoms with Gasteiger partial charge in [-0.15, -0.1) is 11.3 Å². The second-order valence-corrected chi connectivity index (χ2v) is 8.92. The van der Waals surface area contributed by atoms with Crippen LogP contribution >= 0.6 is 22.9 Å². The molecule has 0 aliphatic rings. The lowest BCUT2D eigenvalue weighted by Crippen LogP contribution is -2.14. The van der Waals surface area contributed by atoms with Crippen LogP contribution in [0.15, 0.2) is 47.8 Å². The zero-order chi connectivity index (χ0) is 22.8. The Morgan fingerprint density at radius 1 is 1.19 bits per heavy atom. The van der Waals surface area contributed by atoms with Gasteiger partial charge >= 0.3 is 0 Å². The number of carbonyl (C=O) groups excluding carboxylic acids is 1. The molecule has 164 valence electrons. The summed E-state index contributed by atoms with van der Waals surface area (Å²) in [5.41, 5.74) is 6.03. The van der Waals surface area contributed by atoms with Crippen molar-refractivity contribution in [3.05, 3.63) is 92.5 Å². The molecule has 32 heavy (non-hydrogen) atoms. The van der Waals surface area contributed by atoms with E-state index in [1.165, 1.54) is 23.5 Å². The van der Waals surface area contributed by atoms with Crippen molar-refractivity contribution < 1.29 is 9.18 Å².